The molecule has 7 nitrogen and oxygen atoms in total. The number of sulfonamides is 1. The van der Waals surface area contributed by atoms with Gasteiger partial charge < -0.3 is 10.1 Å². The van der Waals surface area contributed by atoms with E-state index in [1.54, 1.807) is 13.0 Å². The van der Waals surface area contributed by atoms with Gasteiger partial charge in [0.25, 0.3) is 0 Å². The highest BCUT2D eigenvalue weighted by Gasteiger charge is 2.70. The van der Waals surface area contributed by atoms with E-state index in [4.69, 9.17) is 0 Å². The number of aromatic amines is 1. The minimum absolute atomic E-state index is 0.0141. The highest BCUT2D eigenvalue weighted by atomic mass is 32.2. The summed E-state index contributed by atoms with van der Waals surface area (Å²) in [5.41, 5.74) is 1.27. The van der Waals surface area contributed by atoms with Crippen LogP contribution in [0.3, 0.4) is 0 Å². The average Bonchev–Trinajstić information content (AvgIpc) is 3.17. The Labute approximate surface area is 185 Å². The van der Waals surface area contributed by atoms with Crippen LogP contribution in [0.15, 0.2) is 83.8 Å². The van der Waals surface area contributed by atoms with E-state index in [1.165, 1.54) is 12.1 Å². The summed E-state index contributed by atoms with van der Waals surface area (Å²) in [5, 5.41) is 9.97. The van der Waals surface area contributed by atoms with Crippen LogP contribution < -0.4 is 4.72 Å². The molecule has 32 heavy (non-hydrogen) atoms. The van der Waals surface area contributed by atoms with Crippen molar-refractivity contribution in [3.8, 4) is 11.4 Å². The molecule has 3 N–H and O–H groups in total. The second kappa shape index (κ2) is 7.29. The fourth-order valence-electron chi connectivity index (χ4n) is 4.47. The quantitative estimate of drug-likeness (QED) is 0.417. The minimum atomic E-state index is -4.10. The van der Waals surface area contributed by atoms with Gasteiger partial charge in [0.2, 0.25) is 10.0 Å². The molecule has 1 heterocycles. The van der Waals surface area contributed by atoms with Gasteiger partial charge in [-0.3, -0.25) is 4.79 Å². The summed E-state index contributed by atoms with van der Waals surface area (Å²) in [6.45, 7) is 1.75. The lowest BCUT2D eigenvalue weighted by Crippen LogP contribution is -2.45. The van der Waals surface area contributed by atoms with Crippen LogP contribution in [0.4, 0.5) is 0 Å². The fraction of sp³-hybridized carbons (Fsp3) is 0.167. The average molecular weight is 448 g/mol. The van der Waals surface area contributed by atoms with Crippen LogP contribution in [0.1, 0.15) is 18.4 Å². The van der Waals surface area contributed by atoms with Gasteiger partial charge in [-0.25, -0.2) is 13.4 Å². The molecule has 0 amide bonds. The molecular formula is C24H21N3O4S. The number of nitrogens with one attached hydrogen (secondary N) is 2. The lowest BCUT2D eigenvalue weighted by Gasteiger charge is -2.16. The molecule has 1 aliphatic rings. The zero-order valence-electron chi connectivity index (χ0n) is 17.2. The maximum atomic E-state index is 13.2. The molecule has 5 rings (SSSR count). The van der Waals surface area contributed by atoms with Gasteiger partial charge in [0.1, 0.15) is 11.4 Å². The summed E-state index contributed by atoms with van der Waals surface area (Å²) >= 11 is 0. The predicted molar refractivity (Wildman–Crippen MR) is 121 cm³/mol. The van der Waals surface area contributed by atoms with Crippen LogP contribution in [-0.4, -0.2) is 35.0 Å². The number of carboxylic acid groups (broad SMARTS) is 1. The van der Waals surface area contributed by atoms with E-state index in [-0.39, 0.29) is 4.90 Å². The molecule has 3 atom stereocenters. The standard InChI is InChI=1S/C24H21N3O4S/c1-15-21(16-8-4-2-5-9-16)24(15,23(28)29)27-32(30,31)18-12-13-19-20(14-18)26-22(25-19)17-10-6-3-7-11-17/h2-15,21,27H,1H3,(H,25,26)(H,28,29)/t15?,21-,24-/m0/s1. The highest BCUT2D eigenvalue weighted by Crippen LogP contribution is 2.58. The molecule has 0 saturated heterocycles. The third-order valence-electron chi connectivity index (χ3n) is 6.23. The number of hydrogen-bond acceptors (Lipinski definition) is 4. The molecule has 1 aromatic heterocycles. The van der Waals surface area contributed by atoms with Crippen molar-refractivity contribution in [1.29, 1.82) is 0 Å². The Kier molecular flexibility index (Phi) is 4.65. The smallest absolute Gasteiger partial charge is 0.325 e. The van der Waals surface area contributed by atoms with Crippen LogP contribution >= 0.6 is 0 Å². The van der Waals surface area contributed by atoms with E-state index in [0.29, 0.717) is 16.9 Å². The van der Waals surface area contributed by atoms with Crippen molar-refractivity contribution in [2.75, 3.05) is 0 Å². The van der Waals surface area contributed by atoms with Crippen molar-refractivity contribution in [3.05, 3.63) is 84.4 Å². The van der Waals surface area contributed by atoms with Crippen molar-refractivity contribution >= 4 is 27.0 Å². The fourth-order valence-corrected chi connectivity index (χ4v) is 5.95. The Morgan fingerprint density at radius 1 is 1.03 bits per heavy atom. The van der Waals surface area contributed by atoms with Crippen molar-refractivity contribution in [1.82, 2.24) is 14.7 Å². The molecule has 1 fully saturated rings. The summed E-state index contributed by atoms with van der Waals surface area (Å²) in [6, 6.07) is 23.2. The van der Waals surface area contributed by atoms with Crippen molar-refractivity contribution < 1.29 is 18.3 Å². The molecule has 8 heteroatoms. The summed E-state index contributed by atoms with van der Waals surface area (Å²) in [4.78, 5) is 19.9. The number of benzene rings is 3. The number of carboxylic acids is 1. The number of imidazole rings is 1. The van der Waals surface area contributed by atoms with E-state index in [9.17, 15) is 18.3 Å². The molecule has 1 aliphatic carbocycles. The van der Waals surface area contributed by atoms with Crippen LogP contribution in [0, 0.1) is 5.92 Å². The predicted octanol–water partition coefficient (Wildman–Crippen LogP) is 3.77. The topological polar surface area (TPSA) is 112 Å². The molecule has 3 aromatic carbocycles. The van der Waals surface area contributed by atoms with Gasteiger partial charge in [0, 0.05) is 11.5 Å². The Morgan fingerprint density at radius 2 is 1.69 bits per heavy atom. The minimum Gasteiger partial charge on any atom is -0.480 e. The van der Waals surface area contributed by atoms with E-state index in [0.717, 1.165) is 11.1 Å². The monoisotopic (exact) mass is 447 g/mol. The first-order valence-corrected chi connectivity index (χ1v) is 11.7. The molecular weight excluding hydrogens is 426 g/mol. The van der Waals surface area contributed by atoms with Crippen molar-refractivity contribution in [3.63, 3.8) is 0 Å². The van der Waals surface area contributed by atoms with Crippen molar-refractivity contribution in [2.24, 2.45) is 5.92 Å². The van der Waals surface area contributed by atoms with Gasteiger partial charge in [-0.15, -0.1) is 0 Å². The lowest BCUT2D eigenvalue weighted by molar-refractivity contribution is -0.140. The SMILES string of the molecule is CC1[C@@H](c2ccccc2)[C@]1(NS(=O)(=O)c1ccc2nc(-c3ccccc3)[nH]c2c1)C(=O)O. The Bertz CT molecular complexity index is 1420. The molecule has 1 saturated carbocycles. The van der Waals surface area contributed by atoms with Crippen molar-refractivity contribution in [2.45, 2.75) is 23.3 Å². The van der Waals surface area contributed by atoms with Crippen LogP contribution in [-0.2, 0) is 14.8 Å². The normalized spacial score (nSPS) is 22.7. The first-order valence-electron chi connectivity index (χ1n) is 10.2. The molecule has 0 aliphatic heterocycles. The lowest BCUT2D eigenvalue weighted by atomic mass is 10.1. The third kappa shape index (κ3) is 3.19. The molecule has 4 aromatic rings. The first kappa shape index (κ1) is 20.4. The van der Waals surface area contributed by atoms with Crippen LogP contribution in [0.25, 0.3) is 22.4 Å². The molecule has 0 spiro atoms. The van der Waals surface area contributed by atoms with Gasteiger partial charge in [0.05, 0.1) is 15.9 Å². The molecule has 0 bridgehead atoms. The summed E-state index contributed by atoms with van der Waals surface area (Å²) in [6.07, 6.45) is 0. The van der Waals surface area contributed by atoms with Crippen LogP contribution in [0.5, 0.6) is 0 Å². The van der Waals surface area contributed by atoms with Gasteiger partial charge in [0.15, 0.2) is 0 Å². The van der Waals surface area contributed by atoms with E-state index in [1.807, 2.05) is 60.7 Å². The first-order chi connectivity index (χ1) is 15.3. The van der Waals surface area contributed by atoms with E-state index >= 15 is 0 Å². The summed E-state index contributed by atoms with van der Waals surface area (Å²) in [7, 11) is -4.10. The number of aliphatic carboxylic acids is 1. The van der Waals surface area contributed by atoms with Gasteiger partial charge in [-0.1, -0.05) is 67.6 Å². The van der Waals surface area contributed by atoms with Crippen LogP contribution in [0.2, 0.25) is 0 Å². The largest absolute Gasteiger partial charge is 0.480 e. The number of rotatable bonds is 6. The zero-order valence-corrected chi connectivity index (χ0v) is 18.0. The molecule has 0 radical (unpaired) electrons. The van der Waals surface area contributed by atoms with Gasteiger partial charge in [-0.05, 0) is 29.7 Å². The van der Waals surface area contributed by atoms with Gasteiger partial charge >= 0.3 is 5.97 Å². The number of hydrogen-bond donors (Lipinski definition) is 3. The Balaban J connectivity index is 1.49. The number of fused-ring (bicyclic) bond motifs is 1. The Morgan fingerprint density at radius 3 is 2.34 bits per heavy atom. The second-order valence-corrected chi connectivity index (χ2v) is 9.77. The van der Waals surface area contributed by atoms with E-state index in [2.05, 4.69) is 14.7 Å². The number of H-pyrrole nitrogens is 1. The maximum Gasteiger partial charge on any atom is 0.325 e. The third-order valence-corrected chi connectivity index (χ3v) is 7.71. The summed E-state index contributed by atoms with van der Waals surface area (Å²) < 4.78 is 29.0. The molecule has 162 valence electrons. The summed E-state index contributed by atoms with van der Waals surface area (Å²) in [5.74, 6) is -1.39. The van der Waals surface area contributed by atoms with Gasteiger partial charge in [-0.2, -0.15) is 4.72 Å². The highest BCUT2D eigenvalue weighted by molar-refractivity contribution is 7.89. The second-order valence-electron chi connectivity index (χ2n) is 8.09. The number of carbonyl (C=O) groups is 1. The number of nitrogens with zero attached hydrogens (tertiary/aromatic N) is 1. The molecule has 1 unspecified atom stereocenters. The van der Waals surface area contributed by atoms with E-state index < -0.39 is 33.4 Å². The zero-order chi connectivity index (χ0) is 22.5. The Hall–Kier alpha value is -3.49. The maximum absolute atomic E-state index is 13.2. The number of aromatic nitrogens is 2.